The molecule has 0 bridgehead atoms. The van der Waals surface area contributed by atoms with Gasteiger partial charge in [0.2, 0.25) is 5.91 Å². The SMILES string of the molecule is CN1CCCN(CC(=O)N2CCCC(CO)(CC3CC3)C2)CC1. The van der Waals surface area contributed by atoms with Crippen molar-refractivity contribution in [2.45, 2.75) is 38.5 Å². The topological polar surface area (TPSA) is 47.0 Å². The maximum absolute atomic E-state index is 12.8. The van der Waals surface area contributed by atoms with Crippen LogP contribution in [0.3, 0.4) is 0 Å². The number of carbonyl (C=O) groups excluding carboxylic acids is 1. The molecule has 0 aromatic rings. The first kappa shape index (κ1) is 17.2. The van der Waals surface area contributed by atoms with Gasteiger partial charge in [-0.15, -0.1) is 0 Å². The molecule has 2 heterocycles. The Labute approximate surface area is 140 Å². The highest BCUT2D eigenvalue weighted by molar-refractivity contribution is 5.78. The molecule has 0 aromatic heterocycles. The summed E-state index contributed by atoms with van der Waals surface area (Å²) in [7, 11) is 2.16. The molecule has 2 aliphatic heterocycles. The summed E-state index contributed by atoms with van der Waals surface area (Å²) in [6.07, 6.45) is 7.02. The van der Waals surface area contributed by atoms with Crippen LogP contribution in [0.2, 0.25) is 0 Å². The van der Waals surface area contributed by atoms with Crippen LogP contribution in [-0.2, 0) is 4.79 Å². The van der Waals surface area contributed by atoms with Crippen LogP contribution in [0, 0.1) is 11.3 Å². The van der Waals surface area contributed by atoms with Gasteiger partial charge in [0.15, 0.2) is 0 Å². The van der Waals surface area contributed by atoms with Crippen LogP contribution in [0.25, 0.3) is 0 Å². The van der Waals surface area contributed by atoms with Crippen molar-refractivity contribution in [3.63, 3.8) is 0 Å². The molecule has 1 amide bonds. The summed E-state index contributed by atoms with van der Waals surface area (Å²) in [4.78, 5) is 19.4. The Balaban J connectivity index is 1.53. The predicted molar refractivity (Wildman–Crippen MR) is 91.2 cm³/mol. The number of rotatable bonds is 5. The van der Waals surface area contributed by atoms with E-state index in [-0.39, 0.29) is 17.9 Å². The Morgan fingerprint density at radius 3 is 2.70 bits per heavy atom. The van der Waals surface area contributed by atoms with E-state index in [0.717, 1.165) is 70.9 Å². The first-order valence-electron chi connectivity index (χ1n) is 9.40. The third kappa shape index (κ3) is 4.68. The molecule has 1 aliphatic carbocycles. The van der Waals surface area contributed by atoms with Gasteiger partial charge in [-0.1, -0.05) is 12.8 Å². The van der Waals surface area contributed by atoms with Gasteiger partial charge >= 0.3 is 0 Å². The van der Waals surface area contributed by atoms with Crippen molar-refractivity contribution in [1.82, 2.24) is 14.7 Å². The van der Waals surface area contributed by atoms with E-state index in [9.17, 15) is 9.90 Å². The van der Waals surface area contributed by atoms with Crippen molar-refractivity contribution < 1.29 is 9.90 Å². The average Bonchev–Trinajstić information content (AvgIpc) is 3.37. The fourth-order valence-corrected chi connectivity index (χ4v) is 4.26. The second kappa shape index (κ2) is 7.49. The maximum Gasteiger partial charge on any atom is 0.236 e. The van der Waals surface area contributed by atoms with Crippen LogP contribution in [0.5, 0.6) is 0 Å². The zero-order valence-electron chi connectivity index (χ0n) is 14.7. The largest absolute Gasteiger partial charge is 0.396 e. The fraction of sp³-hybridized carbons (Fsp3) is 0.944. The molecule has 3 aliphatic rings. The number of likely N-dealkylation sites (tertiary alicyclic amines) is 1. The normalized spacial score (nSPS) is 31.1. The zero-order chi connectivity index (χ0) is 16.3. The lowest BCUT2D eigenvalue weighted by atomic mass is 9.76. The minimum Gasteiger partial charge on any atom is -0.396 e. The van der Waals surface area contributed by atoms with Crippen molar-refractivity contribution in [2.24, 2.45) is 11.3 Å². The van der Waals surface area contributed by atoms with Crippen LogP contribution in [-0.4, -0.2) is 85.2 Å². The van der Waals surface area contributed by atoms with Crippen molar-refractivity contribution in [3.05, 3.63) is 0 Å². The minimum atomic E-state index is -0.0198. The molecule has 2 saturated heterocycles. The molecule has 23 heavy (non-hydrogen) atoms. The molecule has 0 aromatic carbocycles. The summed E-state index contributed by atoms with van der Waals surface area (Å²) in [5, 5.41) is 9.95. The van der Waals surface area contributed by atoms with Crippen LogP contribution in [0.4, 0.5) is 0 Å². The first-order valence-corrected chi connectivity index (χ1v) is 9.40. The Hall–Kier alpha value is -0.650. The molecule has 5 nitrogen and oxygen atoms in total. The van der Waals surface area contributed by atoms with Gasteiger partial charge < -0.3 is 14.9 Å². The monoisotopic (exact) mass is 323 g/mol. The quantitative estimate of drug-likeness (QED) is 0.821. The molecule has 1 atom stereocenters. The third-order valence-corrected chi connectivity index (χ3v) is 5.94. The van der Waals surface area contributed by atoms with Crippen LogP contribution in [0.15, 0.2) is 0 Å². The lowest BCUT2D eigenvalue weighted by molar-refractivity contribution is -0.137. The van der Waals surface area contributed by atoms with Crippen molar-refractivity contribution >= 4 is 5.91 Å². The number of amides is 1. The van der Waals surface area contributed by atoms with Gasteiger partial charge in [0, 0.05) is 31.6 Å². The van der Waals surface area contributed by atoms with Gasteiger partial charge in [0.25, 0.3) is 0 Å². The number of piperidine rings is 1. The lowest BCUT2D eigenvalue weighted by Crippen LogP contribution is -2.51. The Kier molecular flexibility index (Phi) is 5.60. The average molecular weight is 323 g/mol. The van der Waals surface area contributed by atoms with Gasteiger partial charge in [-0.3, -0.25) is 9.69 Å². The first-order chi connectivity index (χ1) is 11.1. The van der Waals surface area contributed by atoms with Gasteiger partial charge in [-0.2, -0.15) is 0 Å². The number of hydrogen-bond acceptors (Lipinski definition) is 4. The molecule has 1 unspecified atom stereocenters. The molecular weight excluding hydrogens is 290 g/mol. The Morgan fingerprint density at radius 2 is 1.96 bits per heavy atom. The fourth-order valence-electron chi connectivity index (χ4n) is 4.26. The number of aliphatic hydroxyl groups is 1. The third-order valence-electron chi connectivity index (χ3n) is 5.94. The van der Waals surface area contributed by atoms with Gasteiger partial charge in [0.1, 0.15) is 0 Å². The second-order valence-electron chi connectivity index (χ2n) is 8.16. The molecule has 132 valence electrons. The highest BCUT2D eigenvalue weighted by atomic mass is 16.3. The standard InChI is InChI=1S/C18H33N3O2/c1-19-7-3-8-20(11-10-19)13-17(23)21-9-2-6-18(14-21,15-22)12-16-4-5-16/h16,22H,2-15H2,1H3. The minimum absolute atomic E-state index is 0.0198. The second-order valence-corrected chi connectivity index (χ2v) is 8.16. The smallest absolute Gasteiger partial charge is 0.236 e. The summed E-state index contributed by atoms with van der Waals surface area (Å²) in [5.41, 5.74) is -0.0198. The molecule has 3 rings (SSSR count). The van der Waals surface area contributed by atoms with Crippen LogP contribution >= 0.6 is 0 Å². The number of carbonyl (C=O) groups is 1. The van der Waals surface area contributed by atoms with E-state index < -0.39 is 0 Å². The predicted octanol–water partition coefficient (Wildman–Crippen LogP) is 1.03. The zero-order valence-corrected chi connectivity index (χ0v) is 14.7. The summed E-state index contributed by atoms with van der Waals surface area (Å²) in [6, 6.07) is 0. The van der Waals surface area contributed by atoms with Gasteiger partial charge in [0.05, 0.1) is 13.2 Å². The number of likely N-dealkylation sites (N-methyl/N-ethyl adjacent to an activating group) is 1. The van der Waals surface area contributed by atoms with Gasteiger partial charge in [-0.05, 0) is 51.7 Å². The van der Waals surface area contributed by atoms with E-state index in [0.29, 0.717) is 6.54 Å². The van der Waals surface area contributed by atoms with Gasteiger partial charge in [-0.25, -0.2) is 0 Å². The number of hydrogen-bond donors (Lipinski definition) is 1. The summed E-state index contributed by atoms with van der Waals surface area (Å²) >= 11 is 0. The van der Waals surface area contributed by atoms with Crippen LogP contribution < -0.4 is 0 Å². The van der Waals surface area contributed by atoms with E-state index >= 15 is 0 Å². The number of nitrogens with zero attached hydrogens (tertiary/aromatic N) is 3. The van der Waals surface area contributed by atoms with E-state index in [2.05, 4.69) is 16.8 Å². The van der Waals surface area contributed by atoms with Crippen molar-refractivity contribution in [1.29, 1.82) is 0 Å². The Bertz CT molecular complexity index is 413. The summed E-state index contributed by atoms with van der Waals surface area (Å²) in [5.74, 6) is 1.07. The van der Waals surface area contributed by atoms with Crippen LogP contribution in [0.1, 0.15) is 38.5 Å². The molecular formula is C18H33N3O2. The van der Waals surface area contributed by atoms with E-state index in [1.54, 1.807) is 0 Å². The number of aliphatic hydroxyl groups excluding tert-OH is 1. The molecule has 1 saturated carbocycles. The van der Waals surface area contributed by atoms with E-state index in [1.165, 1.54) is 12.8 Å². The van der Waals surface area contributed by atoms with E-state index in [4.69, 9.17) is 0 Å². The lowest BCUT2D eigenvalue weighted by Gasteiger charge is -2.42. The maximum atomic E-state index is 12.8. The van der Waals surface area contributed by atoms with Crippen molar-refractivity contribution in [2.75, 3.05) is 59.5 Å². The Morgan fingerprint density at radius 1 is 1.13 bits per heavy atom. The molecule has 0 spiro atoms. The highest BCUT2D eigenvalue weighted by Crippen LogP contribution is 2.44. The molecule has 5 heteroatoms. The van der Waals surface area contributed by atoms with Crippen molar-refractivity contribution in [3.8, 4) is 0 Å². The highest BCUT2D eigenvalue weighted by Gasteiger charge is 2.41. The molecule has 3 fully saturated rings. The molecule has 1 N–H and O–H groups in total. The summed E-state index contributed by atoms with van der Waals surface area (Å²) < 4.78 is 0. The molecule has 0 radical (unpaired) electrons. The van der Waals surface area contributed by atoms with E-state index in [1.807, 2.05) is 4.90 Å². The summed E-state index contributed by atoms with van der Waals surface area (Å²) in [6.45, 7) is 6.63.